The summed E-state index contributed by atoms with van der Waals surface area (Å²) in [4.78, 5) is 17.2. The molecule has 1 aromatic carbocycles. The number of fused-ring (bicyclic) bond motifs is 1. The molecule has 6 heteroatoms. The lowest BCUT2D eigenvalue weighted by Crippen LogP contribution is -2.26. The predicted octanol–water partition coefficient (Wildman–Crippen LogP) is 3.38. The second-order valence-electron chi connectivity index (χ2n) is 5.80. The largest absolute Gasteiger partial charge is 0.304 e. The third-order valence-corrected chi connectivity index (χ3v) is 4.51. The minimum absolute atomic E-state index is 0.0687. The van der Waals surface area contributed by atoms with Crippen LogP contribution in [0.25, 0.3) is 4.96 Å². The van der Waals surface area contributed by atoms with Gasteiger partial charge in [0, 0.05) is 30.2 Å². The Balaban J connectivity index is 1.80. The first kappa shape index (κ1) is 15.8. The summed E-state index contributed by atoms with van der Waals surface area (Å²) in [5, 5.41) is 5.27. The first-order valence-electron chi connectivity index (χ1n) is 7.49. The first-order chi connectivity index (χ1) is 11.0. The standard InChI is InChI=1S/C17H18FN3OS/c1-11(2)16(12-3-5-13(18)6-4-12)19-10-14-9-15(22)21-7-8-23-17(21)20-14/h3-9,11,16,19H,10H2,1-2H3/t16-/m1/s1. The maximum atomic E-state index is 13.1. The molecule has 120 valence electrons. The Hall–Kier alpha value is -2.05. The van der Waals surface area contributed by atoms with Crippen LogP contribution in [-0.2, 0) is 6.54 Å². The van der Waals surface area contributed by atoms with Gasteiger partial charge in [0.05, 0.1) is 5.69 Å². The van der Waals surface area contributed by atoms with Crippen molar-refractivity contribution in [1.82, 2.24) is 14.7 Å². The number of nitrogens with zero attached hydrogens (tertiary/aromatic N) is 2. The van der Waals surface area contributed by atoms with Crippen molar-refractivity contribution in [2.24, 2.45) is 5.92 Å². The molecule has 0 aliphatic carbocycles. The van der Waals surface area contributed by atoms with Crippen LogP contribution in [0.15, 0.2) is 46.7 Å². The molecule has 3 aromatic rings. The van der Waals surface area contributed by atoms with Crippen LogP contribution in [0.4, 0.5) is 4.39 Å². The zero-order valence-electron chi connectivity index (χ0n) is 13.0. The molecule has 3 rings (SSSR count). The normalized spacial score (nSPS) is 12.9. The van der Waals surface area contributed by atoms with Crippen LogP contribution in [0, 0.1) is 11.7 Å². The highest BCUT2D eigenvalue weighted by Gasteiger charge is 2.16. The summed E-state index contributed by atoms with van der Waals surface area (Å²) < 4.78 is 14.6. The molecule has 0 spiro atoms. The van der Waals surface area contributed by atoms with E-state index in [0.29, 0.717) is 23.1 Å². The van der Waals surface area contributed by atoms with Gasteiger partial charge in [-0.2, -0.15) is 0 Å². The van der Waals surface area contributed by atoms with Crippen molar-refractivity contribution < 1.29 is 4.39 Å². The zero-order valence-corrected chi connectivity index (χ0v) is 13.8. The van der Waals surface area contributed by atoms with E-state index >= 15 is 0 Å². The molecule has 0 radical (unpaired) electrons. The second-order valence-corrected chi connectivity index (χ2v) is 6.67. The Kier molecular flexibility index (Phi) is 4.54. The van der Waals surface area contributed by atoms with Gasteiger partial charge in [0.25, 0.3) is 5.56 Å². The Labute approximate surface area is 137 Å². The highest BCUT2D eigenvalue weighted by molar-refractivity contribution is 7.15. The SMILES string of the molecule is CC(C)[C@@H](NCc1cc(=O)n2ccsc2n1)c1ccc(F)cc1. The van der Waals surface area contributed by atoms with Crippen LogP contribution in [0.3, 0.4) is 0 Å². The fourth-order valence-corrected chi connectivity index (χ4v) is 3.34. The van der Waals surface area contributed by atoms with Crippen molar-refractivity contribution >= 4 is 16.3 Å². The minimum atomic E-state index is -0.242. The third-order valence-electron chi connectivity index (χ3n) is 3.76. The smallest absolute Gasteiger partial charge is 0.258 e. The van der Waals surface area contributed by atoms with Crippen LogP contribution in [0.5, 0.6) is 0 Å². The molecular formula is C17H18FN3OS. The van der Waals surface area contributed by atoms with Crippen LogP contribution >= 0.6 is 11.3 Å². The molecule has 0 saturated heterocycles. The molecule has 2 aromatic heterocycles. The average Bonchev–Trinajstić information content (AvgIpc) is 2.98. The summed E-state index contributed by atoms with van der Waals surface area (Å²) in [6, 6.07) is 8.13. The van der Waals surface area contributed by atoms with Gasteiger partial charge in [-0.05, 0) is 23.6 Å². The first-order valence-corrected chi connectivity index (χ1v) is 8.37. The number of hydrogen-bond donors (Lipinski definition) is 1. The topological polar surface area (TPSA) is 46.4 Å². The lowest BCUT2D eigenvalue weighted by Gasteiger charge is -2.23. The summed E-state index contributed by atoms with van der Waals surface area (Å²) in [5.74, 6) is 0.0844. The van der Waals surface area contributed by atoms with Gasteiger partial charge in [-0.1, -0.05) is 26.0 Å². The number of thiazole rings is 1. The molecule has 1 N–H and O–H groups in total. The monoisotopic (exact) mass is 331 g/mol. The van der Waals surface area contributed by atoms with Crippen molar-refractivity contribution in [3.63, 3.8) is 0 Å². The summed E-state index contributed by atoms with van der Waals surface area (Å²) >= 11 is 1.44. The van der Waals surface area contributed by atoms with Crippen molar-refractivity contribution in [2.45, 2.75) is 26.4 Å². The molecule has 0 aliphatic heterocycles. The number of aromatic nitrogens is 2. The zero-order chi connectivity index (χ0) is 16.4. The van der Waals surface area contributed by atoms with Crippen LogP contribution in [0.1, 0.15) is 31.1 Å². The summed E-state index contributed by atoms with van der Waals surface area (Å²) in [6.07, 6.45) is 1.72. The minimum Gasteiger partial charge on any atom is -0.304 e. The average molecular weight is 331 g/mol. The van der Waals surface area contributed by atoms with Gasteiger partial charge in [0.15, 0.2) is 4.96 Å². The molecule has 0 unspecified atom stereocenters. The lowest BCUT2D eigenvalue weighted by atomic mass is 9.96. The van der Waals surface area contributed by atoms with E-state index in [1.807, 2.05) is 5.38 Å². The molecule has 0 amide bonds. The Morgan fingerprint density at radius 3 is 2.74 bits per heavy atom. The maximum absolute atomic E-state index is 13.1. The van der Waals surface area contributed by atoms with E-state index < -0.39 is 0 Å². The van der Waals surface area contributed by atoms with Gasteiger partial charge >= 0.3 is 0 Å². The maximum Gasteiger partial charge on any atom is 0.258 e. The van der Waals surface area contributed by atoms with Crippen molar-refractivity contribution in [1.29, 1.82) is 0 Å². The highest BCUT2D eigenvalue weighted by Crippen LogP contribution is 2.22. The molecular weight excluding hydrogens is 313 g/mol. The van der Waals surface area contributed by atoms with Crippen molar-refractivity contribution in [2.75, 3.05) is 0 Å². The second kappa shape index (κ2) is 6.60. The van der Waals surface area contributed by atoms with E-state index in [1.165, 1.54) is 27.9 Å². The quantitative estimate of drug-likeness (QED) is 0.779. The van der Waals surface area contributed by atoms with E-state index in [0.717, 1.165) is 5.56 Å². The number of halogens is 1. The molecule has 23 heavy (non-hydrogen) atoms. The molecule has 4 nitrogen and oxygen atoms in total. The fourth-order valence-electron chi connectivity index (χ4n) is 2.60. The fraction of sp³-hybridized carbons (Fsp3) is 0.294. The van der Waals surface area contributed by atoms with E-state index in [2.05, 4.69) is 24.1 Å². The molecule has 0 bridgehead atoms. The molecule has 0 aliphatic rings. The summed E-state index contributed by atoms with van der Waals surface area (Å²) in [6.45, 7) is 4.70. The Morgan fingerprint density at radius 1 is 1.30 bits per heavy atom. The van der Waals surface area contributed by atoms with Gasteiger partial charge in [-0.15, -0.1) is 11.3 Å². The molecule has 1 atom stereocenters. The van der Waals surface area contributed by atoms with Crippen LogP contribution in [0.2, 0.25) is 0 Å². The Bertz CT molecular complexity index is 854. The van der Waals surface area contributed by atoms with E-state index in [9.17, 15) is 9.18 Å². The van der Waals surface area contributed by atoms with Crippen LogP contribution in [-0.4, -0.2) is 9.38 Å². The number of benzene rings is 1. The molecule has 0 fully saturated rings. The number of hydrogen-bond acceptors (Lipinski definition) is 4. The van der Waals surface area contributed by atoms with Gasteiger partial charge in [-0.3, -0.25) is 9.20 Å². The van der Waals surface area contributed by atoms with Crippen LogP contribution < -0.4 is 10.9 Å². The Morgan fingerprint density at radius 2 is 2.04 bits per heavy atom. The van der Waals surface area contributed by atoms with Crippen molar-refractivity contribution in [3.8, 4) is 0 Å². The summed E-state index contributed by atoms with van der Waals surface area (Å²) in [7, 11) is 0. The van der Waals surface area contributed by atoms with Gasteiger partial charge in [0.1, 0.15) is 5.82 Å². The van der Waals surface area contributed by atoms with Crippen molar-refractivity contribution in [3.05, 3.63) is 69.3 Å². The van der Waals surface area contributed by atoms with Gasteiger partial charge in [0.2, 0.25) is 0 Å². The molecule has 2 heterocycles. The highest BCUT2D eigenvalue weighted by atomic mass is 32.1. The number of nitrogens with one attached hydrogen (secondary N) is 1. The summed E-state index contributed by atoms with van der Waals surface area (Å²) in [5.41, 5.74) is 1.66. The van der Waals surface area contributed by atoms with Gasteiger partial charge < -0.3 is 5.32 Å². The predicted molar refractivity (Wildman–Crippen MR) is 90.2 cm³/mol. The van der Waals surface area contributed by atoms with Gasteiger partial charge in [-0.25, -0.2) is 9.37 Å². The molecule has 0 saturated carbocycles. The number of rotatable bonds is 5. The third kappa shape index (κ3) is 3.48. The van der Waals surface area contributed by atoms with E-state index in [-0.39, 0.29) is 17.4 Å². The van der Waals surface area contributed by atoms with E-state index in [1.54, 1.807) is 24.4 Å². The lowest BCUT2D eigenvalue weighted by molar-refractivity contribution is 0.408. The van der Waals surface area contributed by atoms with E-state index in [4.69, 9.17) is 0 Å².